The lowest BCUT2D eigenvalue weighted by Crippen LogP contribution is -2.43. The van der Waals surface area contributed by atoms with Crippen LogP contribution in [0.1, 0.15) is 24.1 Å². The van der Waals surface area contributed by atoms with Crippen LogP contribution in [0.15, 0.2) is 17.5 Å². The van der Waals surface area contributed by atoms with Crippen LogP contribution in [0, 0.1) is 5.92 Å². The van der Waals surface area contributed by atoms with Gasteiger partial charge in [-0.2, -0.15) is 0 Å². The van der Waals surface area contributed by atoms with Crippen LogP contribution in [0.2, 0.25) is 0 Å². The van der Waals surface area contributed by atoms with E-state index in [4.69, 9.17) is 5.73 Å². The van der Waals surface area contributed by atoms with E-state index < -0.39 is 15.9 Å². The van der Waals surface area contributed by atoms with E-state index >= 15 is 0 Å². The molecule has 0 saturated heterocycles. The topological polar surface area (TPSA) is 89.3 Å². The maximum Gasteiger partial charge on any atom is 0.222 e. The van der Waals surface area contributed by atoms with Gasteiger partial charge in [0.15, 0.2) is 0 Å². The normalized spacial score (nSPS) is 23.6. The van der Waals surface area contributed by atoms with Gasteiger partial charge in [-0.25, -0.2) is 13.1 Å². The molecule has 1 aromatic rings. The highest BCUT2D eigenvalue weighted by atomic mass is 32.2. The standard InChI is InChI=1S/C12H18N2O3S2/c13-12(15)10-4-1-5-11(10)14-19(16,17)8-6-9-3-2-7-18-9/h2-3,7,10-11,14H,1,4-6,8H2,(H2,13,15)/t10-,11-/m0/s1. The van der Waals surface area contributed by atoms with Crippen molar-refractivity contribution in [3.8, 4) is 0 Å². The van der Waals surface area contributed by atoms with Gasteiger partial charge in [-0.3, -0.25) is 4.79 Å². The smallest absolute Gasteiger partial charge is 0.222 e. The number of carbonyl (C=O) groups is 1. The van der Waals surface area contributed by atoms with Crippen LogP contribution >= 0.6 is 11.3 Å². The van der Waals surface area contributed by atoms with Crippen molar-refractivity contribution < 1.29 is 13.2 Å². The maximum absolute atomic E-state index is 12.0. The molecule has 1 heterocycles. The van der Waals surface area contributed by atoms with Gasteiger partial charge in [0, 0.05) is 10.9 Å². The third kappa shape index (κ3) is 4.02. The average Bonchev–Trinajstić information content (AvgIpc) is 2.95. The van der Waals surface area contributed by atoms with Gasteiger partial charge in [-0.05, 0) is 30.7 Å². The van der Waals surface area contributed by atoms with E-state index in [2.05, 4.69) is 4.72 Å². The van der Waals surface area contributed by atoms with E-state index in [9.17, 15) is 13.2 Å². The van der Waals surface area contributed by atoms with Crippen LogP contribution in [-0.2, 0) is 21.2 Å². The molecule has 5 nitrogen and oxygen atoms in total. The number of aryl methyl sites for hydroxylation is 1. The molecule has 1 aromatic heterocycles. The van der Waals surface area contributed by atoms with Crippen LogP contribution in [-0.4, -0.2) is 26.1 Å². The Labute approximate surface area is 117 Å². The molecule has 2 rings (SSSR count). The SMILES string of the molecule is NC(=O)[C@H]1CCC[C@@H]1NS(=O)(=O)CCc1cccs1. The number of amides is 1. The number of primary amides is 1. The van der Waals surface area contributed by atoms with Crippen LogP contribution in [0.5, 0.6) is 0 Å². The second kappa shape index (κ2) is 6.02. The van der Waals surface area contributed by atoms with Gasteiger partial charge < -0.3 is 5.73 Å². The molecule has 3 N–H and O–H groups in total. The number of thiophene rings is 1. The Bertz CT molecular complexity index is 525. The number of hydrogen-bond donors (Lipinski definition) is 2. The molecule has 2 atom stereocenters. The first-order valence-corrected chi connectivity index (χ1v) is 8.83. The molecule has 106 valence electrons. The van der Waals surface area contributed by atoms with Crippen molar-refractivity contribution in [1.82, 2.24) is 4.72 Å². The fourth-order valence-electron chi connectivity index (χ4n) is 2.42. The van der Waals surface area contributed by atoms with Gasteiger partial charge in [0.1, 0.15) is 0 Å². The highest BCUT2D eigenvalue weighted by Gasteiger charge is 2.34. The van der Waals surface area contributed by atoms with Crippen molar-refractivity contribution in [1.29, 1.82) is 0 Å². The molecule has 19 heavy (non-hydrogen) atoms. The fraction of sp³-hybridized carbons (Fsp3) is 0.583. The molecule has 0 aliphatic heterocycles. The molecule has 1 fully saturated rings. The first kappa shape index (κ1) is 14.5. The van der Waals surface area contributed by atoms with Crippen LogP contribution in [0.4, 0.5) is 0 Å². The van der Waals surface area contributed by atoms with Crippen molar-refractivity contribution in [2.24, 2.45) is 11.7 Å². The first-order chi connectivity index (χ1) is 8.98. The molecule has 0 aromatic carbocycles. The summed E-state index contributed by atoms with van der Waals surface area (Å²) in [7, 11) is -3.36. The van der Waals surface area contributed by atoms with E-state index in [0.717, 1.165) is 11.3 Å². The number of nitrogens with two attached hydrogens (primary N) is 1. The Morgan fingerprint density at radius 1 is 1.47 bits per heavy atom. The van der Waals surface area contributed by atoms with Crippen molar-refractivity contribution in [3.63, 3.8) is 0 Å². The molecular weight excluding hydrogens is 284 g/mol. The van der Waals surface area contributed by atoms with Crippen molar-refractivity contribution in [2.45, 2.75) is 31.7 Å². The van der Waals surface area contributed by atoms with Gasteiger partial charge in [-0.1, -0.05) is 12.5 Å². The summed E-state index contributed by atoms with van der Waals surface area (Å²) in [6.07, 6.45) is 2.70. The summed E-state index contributed by atoms with van der Waals surface area (Å²) in [5.74, 6) is -0.727. The maximum atomic E-state index is 12.0. The lowest BCUT2D eigenvalue weighted by Gasteiger charge is -2.18. The Morgan fingerprint density at radius 2 is 2.26 bits per heavy atom. The Morgan fingerprint density at radius 3 is 2.89 bits per heavy atom. The monoisotopic (exact) mass is 302 g/mol. The largest absolute Gasteiger partial charge is 0.369 e. The zero-order valence-corrected chi connectivity index (χ0v) is 12.2. The molecule has 0 bridgehead atoms. The zero-order chi connectivity index (χ0) is 13.9. The summed E-state index contributed by atoms with van der Waals surface area (Å²) < 4.78 is 26.6. The minimum Gasteiger partial charge on any atom is -0.369 e. The first-order valence-electron chi connectivity index (χ1n) is 6.29. The summed E-state index contributed by atoms with van der Waals surface area (Å²) in [6.45, 7) is 0. The average molecular weight is 302 g/mol. The lowest BCUT2D eigenvalue weighted by atomic mass is 10.0. The number of hydrogen-bond acceptors (Lipinski definition) is 4. The highest BCUT2D eigenvalue weighted by molar-refractivity contribution is 7.89. The lowest BCUT2D eigenvalue weighted by molar-refractivity contribution is -0.122. The Kier molecular flexibility index (Phi) is 4.59. The molecule has 1 amide bonds. The molecule has 0 radical (unpaired) electrons. The number of nitrogens with one attached hydrogen (secondary N) is 1. The predicted octanol–water partition coefficient (Wildman–Crippen LogP) is 0.864. The minimum atomic E-state index is -3.36. The summed E-state index contributed by atoms with van der Waals surface area (Å²) >= 11 is 1.55. The van der Waals surface area contributed by atoms with Crippen molar-refractivity contribution >= 4 is 27.3 Å². The number of sulfonamides is 1. The Hall–Kier alpha value is -0.920. The molecule has 1 aliphatic rings. The molecule has 7 heteroatoms. The van der Waals surface area contributed by atoms with Crippen molar-refractivity contribution in [3.05, 3.63) is 22.4 Å². The van der Waals surface area contributed by atoms with Crippen molar-refractivity contribution in [2.75, 3.05) is 5.75 Å². The van der Waals surface area contributed by atoms with Gasteiger partial charge in [-0.15, -0.1) is 11.3 Å². The zero-order valence-electron chi connectivity index (χ0n) is 10.5. The van der Waals surface area contributed by atoms with E-state index in [1.165, 1.54) is 0 Å². The van der Waals surface area contributed by atoms with Crippen LogP contribution in [0.3, 0.4) is 0 Å². The van der Waals surface area contributed by atoms with Gasteiger partial charge >= 0.3 is 0 Å². The second-order valence-electron chi connectivity index (χ2n) is 4.81. The molecular formula is C12H18N2O3S2. The summed E-state index contributed by atoms with van der Waals surface area (Å²) in [4.78, 5) is 12.3. The van der Waals surface area contributed by atoms with E-state index in [0.29, 0.717) is 19.3 Å². The summed E-state index contributed by atoms with van der Waals surface area (Å²) in [5, 5.41) is 1.93. The van der Waals surface area contributed by atoms with Crippen LogP contribution < -0.4 is 10.5 Å². The summed E-state index contributed by atoms with van der Waals surface area (Å²) in [6, 6.07) is 3.49. The van der Waals surface area contributed by atoms with Gasteiger partial charge in [0.2, 0.25) is 15.9 Å². The highest BCUT2D eigenvalue weighted by Crippen LogP contribution is 2.26. The van der Waals surface area contributed by atoms with E-state index in [-0.39, 0.29) is 17.7 Å². The second-order valence-corrected chi connectivity index (χ2v) is 7.72. The minimum absolute atomic E-state index is 0.0511. The quantitative estimate of drug-likeness (QED) is 0.817. The fourth-order valence-corrected chi connectivity index (χ4v) is 4.61. The van der Waals surface area contributed by atoms with Crippen LogP contribution in [0.25, 0.3) is 0 Å². The number of carbonyl (C=O) groups excluding carboxylic acids is 1. The van der Waals surface area contributed by atoms with E-state index in [1.54, 1.807) is 11.3 Å². The van der Waals surface area contributed by atoms with Gasteiger partial charge in [0.05, 0.1) is 11.7 Å². The third-order valence-electron chi connectivity index (χ3n) is 3.41. The summed E-state index contributed by atoms with van der Waals surface area (Å²) in [5.41, 5.74) is 5.29. The third-order valence-corrected chi connectivity index (χ3v) is 5.75. The molecule has 1 saturated carbocycles. The Balaban J connectivity index is 1.91. The van der Waals surface area contributed by atoms with E-state index in [1.807, 2.05) is 17.5 Å². The molecule has 0 spiro atoms. The molecule has 1 aliphatic carbocycles. The number of rotatable bonds is 6. The molecule has 0 unspecified atom stereocenters. The van der Waals surface area contributed by atoms with Gasteiger partial charge in [0.25, 0.3) is 0 Å². The predicted molar refractivity (Wildman–Crippen MR) is 75.3 cm³/mol.